The van der Waals surface area contributed by atoms with Crippen molar-refractivity contribution in [3.8, 4) is 0 Å². The highest BCUT2D eigenvalue weighted by atomic mass is 19.1. The summed E-state index contributed by atoms with van der Waals surface area (Å²) in [6.07, 6.45) is 3.29. The number of para-hydroxylation sites is 1. The Kier molecular flexibility index (Phi) is 3.55. The lowest BCUT2D eigenvalue weighted by Gasteiger charge is -2.40. The van der Waals surface area contributed by atoms with E-state index in [1.54, 1.807) is 18.2 Å². The average Bonchev–Trinajstić information content (AvgIpc) is 2.34. The predicted molar refractivity (Wildman–Crippen MR) is 68.0 cm³/mol. The molecular formula is C14H18FNO2. The average molecular weight is 251 g/mol. The van der Waals surface area contributed by atoms with Crippen molar-refractivity contribution in [3.05, 3.63) is 30.1 Å². The maximum Gasteiger partial charge on any atom is 0.329 e. The standard InChI is InChI=1S/C14H18FNO2/c1-10-6-4-5-9-14(10,13(17)18)16-12-8-3-2-7-11(12)15/h2-3,7-8,10,16H,4-6,9H2,1H3,(H,17,18). The molecule has 1 aromatic carbocycles. The van der Waals surface area contributed by atoms with Crippen LogP contribution in [0.3, 0.4) is 0 Å². The van der Waals surface area contributed by atoms with E-state index in [1.165, 1.54) is 6.07 Å². The molecule has 2 unspecified atom stereocenters. The SMILES string of the molecule is CC1CCCCC1(Nc1ccccc1F)C(=O)O. The highest BCUT2D eigenvalue weighted by Crippen LogP contribution is 2.37. The van der Waals surface area contributed by atoms with E-state index in [0.29, 0.717) is 6.42 Å². The zero-order valence-corrected chi connectivity index (χ0v) is 10.4. The van der Waals surface area contributed by atoms with Crippen LogP contribution in [0.5, 0.6) is 0 Å². The first-order valence-corrected chi connectivity index (χ1v) is 6.32. The first-order chi connectivity index (χ1) is 8.56. The second-order valence-corrected chi connectivity index (χ2v) is 5.03. The van der Waals surface area contributed by atoms with E-state index in [-0.39, 0.29) is 11.6 Å². The summed E-state index contributed by atoms with van der Waals surface area (Å²) in [6.45, 7) is 1.92. The number of carboxylic acids is 1. The quantitative estimate of drug-likeness (QED) is 0.866. The molecule has 0 radical (unpaired) electrons. The molecule has 0 aromatic heterocycles. The van der Waals surface area contributed by atoms with Gasteiger partial charge < -0.3 is 10.4 Å². The van der Waals surface area contributed by atoms with Crippen LogP contribution in [-0.2, 0) is 4.79 Å². The molecule has 1 fully saturated rings. The molecule has 18 heavy (non-hydrogen) atoms. The molecule has 1 aliphatic rings. The number of hydrogen-bond acceptors (Lipinski definition) is 2. The molecule has 0 heterocycles. The van der Waals surface area contributed by atoms with Crippen LogP contribution in [0.25, 0.3) is 0 Å². The van der Waals surface area contributed by atoms with E-state index >= 15 is 0 Å². The third kappa shape index (κ3) is 2.19. The zero-order valence-electron chi connectivity index (χ0n) is 10.4. The molecule has 2 atom stereocenters. The molecule has 0 saturated heterocycles. The zero-order chi connectivity index (χ0) is 13.2. The molecule has 1 aliphatic carbocycles. The van der Waals surface area contributed by atoms with Gasteiger partial charge in [0.1, 0.15) is 11.4 Å². The second kappa shape index (κ2) is 4.96. The molecule has 0 amide bonds. The Morgan fingerprint density at radius 2 is 2.17 bits per heavy atom. The monoisotopic (exact) mass is 251 g/mol. The van der Waals surface area contributed by atoms with Crippen LogP contribution in [0.15, 0.2) is 24.3 Å². The Morgan fingerprint density at radius 3 is 2.78 bits per heavy atom. The molecule has 4 heteroatoms. The maximum atomic E-state index is 13.6. The lowest BCUT2D eigenvalue weighted by molar-refractivity contribution is -0.145. The Labute approximate surface area is 106 Å². The number of anilines is 1. The van der Waals surface area contributed by atoms with E-state index in [0.717, 1.165) is 19.3 Å². The van der Waals surface area contributed by atoms with Crippen molar-refractivity contribution in [3.63, 3.8) is 0 Å². The molecular weight excluding hydrogens is 233 g/mol. The van der Waals surface area contributed by atoms with Gasteiger partial charge >= 0.3 is 5.97 Å². The minimum Gasteiger partial charge on any atom is -0.479 e. The normalized spacial score (nSPS) is 27.8. The number of carbonyl (C=O) groups is 1. The van der Waals surface area contributed by atoms with Crippen LogP contribution in [0, 0.1) is 11.7 Å². The third-order valence-electron chi connectivity index (χ3n) is 3.91. The van der Waals surface area contributed by atoms with Gasteiger partial charge in [0.05, 0.1) is 5.69 Å². The smallest absolute Gasteiger partial charge is 0.329 e. The van der Waals surface area contributed by atoms with Gasteiger partial charge in [0.2, 0.25) is 0 Å². The first-order valence-electron chi connectivity index (χ1n) is 6.32. The Bertz CT molecular complexity index is 449. The van der Waals surface area contributed by atoms with Crippen molar-refractivity contribution >= 4 is 11.7 Å². The molecule has 0 aliphatic heterocycles. The second-order valence-electron chi connectivity index (χ2n) is 5.03. The topological polar surface area (TPSA) is 49.3 Å². The minimum absolute atomic E-state index is 0.0108. The van der Waals surface area contributed by atoms with Gasteiger partial charge in [-0.2, -0.15) is 0 Å². The lowest BCUT2D eigenvalue weighted by Crippen LogP contribution is -2.53. The number of benzene rings is 1. The minimum atomic E-state index is -1.04. The van der Waals surface area contributed by atoms with Crippen molar-refractivity contribution in [2.75, 3.05) is 5.32 Å². The van der Waals surface area contributed by atoms with Gasteiger partial charge in [-0.25, -0.2) is 9.18 Å². The molecule has 0 spiro atoms. The van der Waals surface area contributed by atoms with Crippen LogP contribution in [0.2, 0.25) is 0 Å². The van der Waals surface area contributed by atoms with Gasteiger partial charge in [-0.05, 0) is 30.9 Å². The van der Waals surface area contributed by atoms with E-state index in [2.05, 4.69) is 5.32 Å². The Balaban J connectivity index is 2.32. The number of carboxylic acid groups (broad SMARTS) is 1. The third-order valence-corrected chi connectivity index (χ3v) is 3.91. The number of nitrogens with one attached hydrogen (secondary N) is 1. The molecule has 98 valence electrons. The van der Waals surface area contributed by atoms with Crippen LogP contribution in [0.1, 0.15) is 32.6 Å². The summed E-state index contributed by atoms with van der Waals surface area (Å²) in [4.78, 5) is 11.6. The van der Waals surface area contributed by atoms with E-state index in [9.17, 15) is 14.3 Å². The van der Waals surface area contributed by atoms with Crippen LogP contribution in [-0.4, -0.2) is 16.6 Å². The van der Waals surface area contributed by atoms with Gasteiger partial charge in [-0.3, -0.25) is 0 Å². The fourth-order valence-corrected chi connectivity index (χ4v) is 2.71. The van der Waals surface area contributed by atoms with Crippen molar-refractivity contribution in [2.24, 2.45) is 5.92 Å². The van der Waals surface area contributed by atoms with Gasteiger partial charge in [0.15, 0.2) is 0 Å². The molecule has 1 aromatic rings. The molecule has 2 rings (SSSR count). The van der Waals surface area contributed by atoms with Crippen molar-refractivity contribution in [1.82, 2.24) is 0 Å². The van der Waals surface area contributed by atoms with Gasteiger partial charge in [0, 0.05) is 0 Å². The first kappa shape index (κ1) is 12.9. The van der Waals surface area contributed by atoms with Crippen LogP contribution >= 0.6 is 0 Å². The fourth-order valence-electron chi connectivity index (χ4n) is 2.71. The summed E-state index contributed by atoms with van der Waals surface area (Å²) >= 11 is 0. The molecule has 2 N–H and O–H groups in total. The Hall–Kier alpha value is -1.58. The maximum absolute atomic E-state index is 13.6. The highest BCUT2D eigenvalue weighted by Gasteiger charge is 2.45. The summed E-state index contributed by atoms with van der Waals surface area (Å²) in [5, 5.41) is 12.5. The summed E-state index contributed by atoms with van der Waals surface area (Å²) in [6, 6.07) is 6.22. The van der Waals surface area contributed by atoms with Crippen molar-refractivity contribution in [1.29, 1.82) is 0 Å². The lowest BCUT2D eigenvalue weighted by atomic mass is 9.73. The summed E-state index contributed by atoms with van der Waals surface area (Å²) < 4.78 is 13.6. The van der Waals surface area contributed by atoms with Gasteiger partial charge in [0.25, 0.3) is 0 Å². The number of halogens is 1. The van der Waals surface area contributed by atoms with Crippen molar-refractivity contribution < 1.29 is 14.3 Å². The fraction of sp³-hybridized carbons (Fsp3) is 0.500. The highest BCUT2D eigenvalue weighted by molar-refractivity contribution is 5.83. The summed E-state index contributed by atoms with van der Waals surface area (Å²) in [5.74, 6) is -1.31. The number of hydrogen-bond donors (Lipinski definition) is 2. The van der Waals surface area contributed by atoms with E-state index in [1.807, 2.05) is 6.92 Å². The summed E-state index contributed by atoms with van der Waals surface area (Å²) in [7, 11) is 0. The van der Waals surface area contributed by atoms with Crippen LogP contribution < -0.4 is 5.32 Å². The van der Waals surface area contributed by atoms with E-state index < -0.39 is 17.3 Å². The predicted octanol–water partition coefficient (Wildman–Crippen LogP) is 3.27. The van der Waals surface area contributed by atoms with Gasteiger partial charge in [-0.1, -0.05) is 31.9 Å². The van der Waals surface area contributed by atoms with Crippen molar-refractivity contribution in [2.45, 2.75) is 38.1 Å². The van der Waals surface area contributed by atoms with Crippen LogP contribution in [0.4, 0.5) is 10.1 Å². The number of rotatable bonds is 3. The largest absolute Gasteiger partial charge is 0.479 e. The van der Waals surface area contributed by atoms with Gasteiger partial charge in [-0.15, -0.1) is 0 Å². The number of aliphatic carboxylic acids is 1. The Morgan fingerprint density at radius 1 is 1.44 bits per heavy atom. The molecule has 3 nitrogen and oxygen atoms in total. The van der Waals surface area contributed by atoms with E-state index in [4.69, 9.17) is 0 Å². The molecule has 1 saturated carbocycles. The molecule has 0 bridgehead atoms. The summed E-state index contributed by atoms with van der Waals surface area (Å²) in [5.41, 5.74) is -0.769.